The first kappa shape index (κ1) is 16.9. The fourth-order valence-corrected chi connectivity index (χ4v) is 3.52. The van der Waals surface area contributed by atoms with Crippen LogP contribution >= 0.6 is 11.8 Å². The minimum Gasteiger partial charge on any atom is -0.353 e. The Morgan fingerprint density at radius 1 is 1.41 bits per heavy atom. The molecule has 1 aliphatic rings. The lowest BCUT2D eigenvalue weighted by molar-refractivity contribution is -0.121. The molecule has 2 rings (SSSR count). The molecule has 0 spiro atoms. The van der Waals surface area contributed by atoms with Crippen molar-refractivity contribution in [1.29, 1.82) is 0 Å². The molecule has 1 N–H and O–H groups in total. The number of hydrogen-bond acceptors (Lipinski definition) is 3. The molecule has 1 aliphatic heterocycles. The van der Waals surface area contributed by atoms with Crippen molar-refractivity contribution in [1.82, 2.24) is 10.2 Å². The van der Waals surface area contributed by atoms with Gasteiger partial charge in [-0.05, 0) is 38.3 Å². The smallest absolute Gasteiger partial charge is 0.281 e. The minimum absolute atomic E-state index is 0.0157. The van der Waals surface area contributed by atoms with Crippen molar-refractivity contribution in [3.63, 3.8) is 0 Å². The van der Waals surface area contributed by atoms with Gasteiger partial charge >= 0.3 is 0 Å². The van der Waals surface area contributed by atoms with Gasteiger partial charge in [0.1, 0.15) is 0 Å². The Kier molecular flexibility index (Phi) is 5.89. The quantitative estimate of drug-likeness (QED) is 0.877. The Balaban J connectivity index is 1.77. The van der Waals surface area contributed by atoms with E-state index in [1.807, 2.05) is 6.92 Å². The van der Waals surface area contributed by atoms with Gasteiger partial charge in [-0.1, -0.05) is 35.5 Å². The highest BCUT2D eigenvalue weighted by molar-refractivity contribution is 8.13. The number of rotatable bonds is 6. The maximum absolute atomic E-state index is 12.0. The van der Waals surface area contributed by atoms with Gasteiger partial charge in [-0.25, -0.2) is 0 Å². The maximum Gasteiger partial charge on any atom is 0.281 e. The standard InChI is InChI=1S/C17H24N2O2S/c1-12-4-5-15(13(2)10-12)11-14(3)18-16(20)6-7-19-8-9-22-17(19)21/h4-5,10,14H,6-9,11H2,1-3H3,(H,18,20)/t14-/m0/s1. The summed E-state index contributed by atoms with van der Waals surface area (Å²) in [4.78, 5) is 25.2. The second-order valence-electron chi connectivity index (χ2n) is 5.95. The normalized spacial score (nSPS) is 16.0. The van der Waals surface area contributed by atoms with E-state index in [0.29, 0.717) is 13.0 Å². The summed E-state index contributed by atoms with van der Waals surface area (Å²) in [6.07, 6.45) is 1.21. The van der Waals surface area contributed by atoms with E-state index in [2.05, 4.69) is 37.4 Å². The zero-order valence-corrected chi connectivity index (χ0v) is 14.3. The predicted molar refractivity (Wildman–Crippen MR) is 91.3 cm³/mol. The molecular weight excluding hydrogens is 296 g/mol. The number of carbonyl (C=O) groups is 2. The molecule has 0 saturated carbocycles. The van der Waals surface area contributed by atoms with E-state index in [0.717, 1.165) is 18.7 Å². The molecule has 4 nitrogen and oxygen atoms in total. The monoisotopic (exact) mass is 320 g/mol. The third-order valence-electron chi connectivity index (χ3n) is 3.89. The van der Waals surface area contributed by atoms with E-state index in [4.69, 9.17) is 0 Å². The van der Waals surface area contributed by atoms with E-state index in [-0.39, 0.29) is 17.2 Å². The van der Waals surface area contributed by atoms with Crippen LogP contribution in [-0.4, -0.2) is 40.9 Å². The molecule has 120 valence electrons. The highest BCUT2D eigenvalue weighted by Gasteiger charge is 2.21. The molecule has 1 aromatic carbocycles. The van der Waals surface area contributed by atoms with E-state index < -0.39 is 0 Å². The molecule has 0 unspecified atom stereocenters. The molecule has 0 aliphatic carbocycles. The molecule has 1 saturated heterocycles. The topological polar surface area (TPSA) is 49.4 Å². The first-order valence-corrected chi connectivity index (χ1v) is 8.71. The van der Waals surface area contributed by atoms with Crippen LogP contribution in [0.5, 0.6) is 0 Å². The molecule has 5 heteroatoms. The van der Waals surface area contributed by atoms with Crippen LogP contribution in [0.3, 0.4) is 0 Å². The van der Waals surface area contributed by atoms with Crippen molar-refractivity contribution in [2.24, 2.45) is 0 Å². The molecule has 0 radical (unpaired) electrons. The number of hydrogen-bond donors (Lipinski definition) is 1. The number of aryl methyl sites for hydroxylation is 2. The second-order valence-corrected chi connectivity index (χ2v) is 7.00. The molecule has 22 heavy (non-hydrogen) atoms. The SMILES string of the molecule is Cc1ccc(C[C@H](C)NC(=O)CCN2CCSC2=O)c(C)c1. The highest BCUT2D eigenvalue weighted by atomic mass is 32.2. The van der Waals surface area contributed by atoms with Crippen LogP contribution in [0.1, 0.15) is 30.0 Å². The van der Waals surface area contributed by atoms with Gasteiger partial charge in [0.25, 0.3) is 5.24 Å². The predicted octanol–water partition coefficient (Wildman–Crippen LogP) is 2.91. The van der Waals surface area contributed by atoms with Gasteiger partial charge in [-0.15, -0.1) is 0 Å². The van der Waals surface area contributed by atoms with Crippen molar-refractivity contribution in [2.45, 2.75) is 39.7 Å². The number of benzene rings is 1. The molecule has 0 aromatic heterocycles. The summed E-state index contributed by atoms with van der Waals surface area (Å²) < 4.78 is 0. The molecule has 1 fully saturated rings. The van der Waals surface area contributed by atoms with Crippen molar-refractivity contribution in [3.05, 3.63) is 34.9 Å². The molecule has 0 bridgehead atoms. The van der Waals surface area contributed by atoms with Gasteiger partial charge in [0.05, 0.1) is 0 Å². The molecular formula is C17H24N2O2S. The summed E-state index contributed by atoms with van der Waals surface area (Å²) >= 11 is 1.33. The van der Waals surface area contributed by atoms with E-state index in [1.54, 1.807) is 4.90 Å². The summed E-state index contributed by atoms with van der Waals surface area (Å²) in [7, 11) is 0. The summed E-state index contributed by atoms with van der Waals surface area (Å²) in [5.74, 6) is 0.853. The second kappa shape index (κ2) is 7.68. The number of carbonyl (C=O) groups excluding carboxylic acids is 2. The van der Waals surface area contributed by atoms with Crippen LogP contribution in [-0.2, 0) is 11.2 Å². The summed E-state index contributed by atoms with van der Waals surface area (Å²) in [5, 5.41) is 3.12. The van der Waals surface area contributed by atoms with Gasteiger partial charge in [0.15, 0.2) is 0 Å². The number of nitrogens with zero attached hydrogens (tertiary/aromatic N) is 1. The third-order valence-corrected chi connectivity index (χ3v) is 4.78. The van der Waals surface area contributed by atoms with Crippen molar-refractivity contribution < 1.29 is 9.59 Å². The van der Waals surface area contributed by atoms with E-state index in [1.165, 1.54) is 28.5 Å². The van der Waals surface area contributed by atoms with Crippen LogP contribution < -0.4 is 5.32 Å². The zero-order valence-electron chi connectivity index (χ0n) is 13.5. The van der Waals surface area contributed by atoms with Crippen LogP contribution in [0, 0.1) is 13.8 Å². The lowest BCUT2D eigenvalue weighted by Crippen LogP contribution is -2.36. The van der Waals surface area contributed by atoms with Crippen LogP contribution in [0.4, 0.5) is 4.79 Å². The van der Waals surface area contributed by atoms with Crippen molar-refractivity contribution in [2.75, 3.05) is 18.8 Å². The average molecular weight is 320 g/mol. The van der Waals surface area contributed by atoms with Crippen LogP contribution in [0.15, 0.2) is 18.2 Å². The number of amides is 2. The largest absolute Gasteiger partial charge is 0.353 e. The fraction of sp³-hybridized carbons (Fsp3) is 0.529. The van der Waals surface area contributed by atoms with E-state index >= 15 is 0 Å². The van der Waals surface area contributed by atoms with Crippen molar-refractivity contribution in [3.8, 4) is 0 Å². The lowest BCUT2D eigenvalue weighted by atomic mass is 10.00. The van der Waals surface area contributed by atoms with Crippen LogP contribution in [0.25, 0.3) is 0 Å². The Hall–Kier alpha value is -1.49. The minimum atomic E-state index is 0.0157. The van der Waals surface area contributed by atoms with Gasteiger partial charge in [0.2, 0.25) is 5.91 Å². The van der Waals surface area contributed by atoms with Gasteiger partial charge in [-0.3, -0.25) is 9.59 Å². The first-order chi connectivity index (χ1) is 10.5. The number of thioether (sulfide) groups is 1. The maximum atomic E-state index is 12.0. The number of nitrogens with one attached hydrogen (secondary N) is 1. The molecule has 1 aromatic rings. The fourth-order valence-electron chi connectivity index (χ4n) is 2.67. The highest BCUT2D eigenvalue weighted by Crippen LogP contribution is 2.17. The zero-order chi connectivity index (χ0) is 16.1. The first-order valence-electron chi connectivity index (χ1n) is 7.73. The Labute approximate surface area is 136 Å². The Morgan fingerprint density at radius 3 is 2.82 bits per heavy atom. The van der Waals surface area contributed by atoms with E-state index in [9.17, 15) is 9.59 Å². The molecule has 1 heterocycles. The van der Waals surface area contributed by atoms with Gasteiger partial charge < -0.3 is 10.2 Å². The Morgan fingerprint density at radius 2 is 2.18 bits per heavy atom. The lowest BCUT2D eigenvalue weighted by Gasteiger charge is -2.18. The molecule has 1 atom stereocenters. The average Bonchev–Trinajstić information content (AvgIpc) is 2.85. The summed E-state index contributed by atoms with van der Waals surface area (Å²) in [6, 6.07) is 6.50. The Bertz CT molecular complexity index is 560. The third kappa shape index (κ3) is 4.77. The molecule has 2 amide bonds. The van der Waals surface area contributed by atoms with Gasteiger partial charge in [0, 0.05) is 31.3 Å². The van der Waals surface area contributed by atoms with Crippen molar-refractivity contribution >= 4 is 22.9 Å². The van der Waals surface area contributed by atoms with Gasteiger partial charge in [-0.2, -0.15) is 0 Å². The van der Waals surface area contributed by atoms with Crippen LogP contribution in [0.2, 0.25) is 0 Å². The summed E-state index contributed by atoms with van der Waals surface area (Å²) in [5.41, 5.74) is 3.79. The summed E-state index contributed by atoms with van der Waals surface area (Å²) in [6.45, 7) is 7.49.